The van der Waals surface area contributed by atoms with Crippen LogP contribution in [0.25, 0.3) is 33.1 Å². The number of nitrogens with zero attached hydrogens (tertiary/aromatic N) is 3. The van der Waals surface area contributed by atoms with Gasteiger partial charge in [0.2, 0.25) is 0 Å². The minimum atomic E-state index is 0.804. The van der Waals surface area contributed by atoms with Crippen molar-refractivity contribution < 1.29 is 0 Å². The van der Waals surface area contributed by atoms with E-state index in [9.17, 15) is 0 Å². The molecule has 0 amide bonds. The van der Waals surface area contributed by atoms with Gasteiger partial charge in [-0.25, -0.2) is 4.68 Å². The van der Waals surface area contributed by atoms with Crippen LogP contribution in [0.3, 0.4) is 0 Å². The Bertz CT molecular complexity index is 975. The molecule has 4 aromatic rings. The summed E-state index contributed by atoms with van der Waals surface area (Å²) in [6, 6.07) is 14.8. The summed E-state index contributed by atoms with van der Waals surface area (Å²) in [7, 11) is 0. The zero-order valence-corrected chi connectivity index (χ0v) is 12.2. The molecule has 2 aromatic carbocycles. The number of para-hydroxylation sites is 1. The topological polar surface area (TPSA) is 46.5 Å². The average molecular weight is 288 g/mol. The number of hydrogen-bond donors (Lipinski definition) is 1. The lowest BCUT2D eigenvalue weighted by molar-refractivity contribution is 0.559. The minimum absolute atomic E-state index is 0.804. The quantitative estimate of drug-likeness (QED) is 0.619. The van der Waals surface area contributed by atoms with Gasteiger partial charge in [0, 0.05) is 29.2 Å². The summed E-state index contributed by atoms with van der Waals surface area (Å²) in [5.74, 6) is 0.804. The molecule has 1 saturated carbocycles. The maximum atomic E-state index is 4.35. The molecule has 4 nitrogen and oxygen atoms in total. The molecule has 108 valence electrons. The monoisotopic (exact) mass is 288 g/mol. The number of aromatic nitrogens is 4. The van der Waals surface area contributed by atoms with E-state index in [-0.39, 0.29) is 0 Å². The summed E-state index contributed by atoms with van der Waals surface area (Å²) in [5, 5.41) is 9.91. The maximum absolute atomic E-state index is 4.35. The van der Waals surface area contributed by atoms with E-state index >= 15 is 0 Å². The fourth-order valence-electron chi connectivity index (χ4n) is 3.13. The van der Waals surface area contributed by atoms with E-state index < -0.39 is 0 Å². The van der Waals surface area contributed by atoms with Gasteiger partial charge in [0.05, 0.1) is 5.52 Å². The van der Waals surface area contributed by atoms with Crippen molar-refractivity contribution in [2.24, 2.45) is 5.92 Å². The average Bonchev–Trinajstić information content (AvgIpc) is 3.13. The Morgan fingerprint density at radius 1 is 1.14 bits per heavy atom. The van der Waals surface area contributed by atoms with Crippen molar-refractivity contribution in [1.29, 1.82) is 0 Å². The summed E-state index contributed by atoms with van der Waals surface area (Å²) in [6.07, 6.45) is 4.73. The van der Waals surface area contributed by atoms with E-state index in [0.717, 1.165) is 29.0 Å². The van der Waals surface area contributed by atoms with Crippen LogP contribution in [0.15, 0.2) is 48.7 Å². The Labute approximate surface area is 127 Å². The molecule has 1 aliphatic carbocycles. The normalized spacial score (nSPS) is 14.9. The van der Waals surface area contributed by atoms with Crippen LogP contribution < -0.4 is 0 Å². The third kappa shape index (κ3) is 1.84. The molecule has 2 heterocycles. The van der Waals surface area contributed by atoms with Crippen LogP contribution in [-0.2, 0) is 6.54 Å². The van der Waals surface area contributed by atoms with Crippen LogP contribution in [0, 0.1) is 5.92 Å². The van der Waals surface area contributed by atoms with Crippen LogP contribution in [-0.4, -0.2) is 20.0 Å². The number of H-pyrrole nitrogens is 1. The lowest BCUT2D eigenvalue weighted by Crippen LogP contribution is -2.01. The highest BCUT2D eigenvalue weighted by molar-refractivity contribution is 5.97. The molecule has 2 aromatic heterocycles. The van der Waals surface area contributed by atoms with Crippen molar-refractivity contribution in [3.05, 3.63) is 48.7 Å². The van der Waals surface area contributed by atoms with E-state index in [4.69, 9.17) is 0 Å². The smallest absolute Gasteiger partial charge is 0.113 e. The van der Waals surface area contributed by atoms with E-state index in [1.54, 1.807) is 0 Å². The molecule has 0 aliphatic heterocycles. The molecule has 1 aliphatic rings. The van der Waals surface area contributed by atoms with E-state index in [2.05, 4.69) is 64.0 Å². The van der Waals surface area contributed by atoms with Gasteiger partial charge < -0.3 is 4.98 Å². The predicted octanol–water partition coefficient (Wildman–Crippen LogP) is 3.99. The first kappa shape index (κ1) is 12.0. The fraction of sp³-hybridized carbons (Fsp3) is 0.222. The first-order chi connectivity index (χ1) is 10.9. The van der Waals surface area contributed by atoms with Gasteiger partial charge in [-0.2, -0.15) is 0 Å². The highest BCUT2D eigenvalue weighted by Crippen LogP contribution is 2.33. The molecule has 0 unspecified atom stereocenters. The van der Waals surface area contributed by atoms with Crippen molar-refractivity contribution >= 4 is 21.9 Å². The van der Waals surface area contributed by atoms with E-state index in [1.807, 2.05) is 4.68 Å². The predicted molar refractivity (Wildman–Crippen MR) is 87.5 cm³/mol. The summed E-state index contributed by atoms with van der Waals surface area (Å²) in [6.45, 7) is 1.00. The Kier molecular flexibility index (Phi) is 2.41. The third-order valence-corrected chi connectivity index (χ3v) is 4.54. The molecular formula is C18H16N4. The van der Waals surface area contributed by atoms with Crippen LogP contribution in [0.5, 0.6) is 0 Å². The van der Waals surface area contributed by atoms with Crippen LogP contribution in [0.2, 0.25) is 0 Å². The van der Waals surface area contributed by atoms with Crippen molar-refractivity contribution in [3.63, 3.8) is 0 Å². The first-order valence-corrected chi connectivity index (χ1v) is 7.78. The summed E-state index contributed by atoms with van der Waals surface area (Å²) in [5.41, 5.74) is 5.67. The summed E-state index contributed by atoms with van der Waals surface area (Å²) >= 11 is 0. The highest BCUT2D eigenvalue weighted by atomic mass is 15.4. The van der Waals surface area contributed by atoms with Crippen LogP contribution in [0.1, 0.15) is 12.8 Å². The van der Waals surface area contributed by atoms with Gasteiger partial charge in [-0.1, -0.05) is 29.5 Å². The van der Waals surface area contributed by atoms with Gasteiger partial charge in [0.1, 0.15) is 5.52 Å². The second-order valence-corrected chi connectivity index (χ2v) is 6.17. The number of aromatic amines is 1. The van der Waals surface area contributed by atoms with Crippen molar-refractivity contribution in [2.45, 2.75) is 19.4 Å². The SMILES string of the molecule is c1ccc2c(-c3ccc4c(c3)nnn4CC3CC3)c[nH]c2c1. The first-order valence-electron chi connectivity index (χ1n) is 7.78. The van der Waals surface area contributed by atoms with E-state index in [1.165, 1.54) is 29.4 Å². The van der Waals surface area contributed by atoms with Gasteiger partial charge in [0.15, 0.2) is 0 Å². The molecule has 0 bridgehead atoms. The van der Waals surface area contributed by atoms with Gasteiger partial charge in [-0.15, -0.1) is 5.10 Å². The third-order valence-electron chi connectivity index (χ3n) is 4.54. The Morgan fingerprint density at radius 2 is 2.05 bits per heavy atom. The molecule has 1 N–H and O–H groups in total. The minimum Gasteiger partial charge on any atom is -0.361 e. The number of fused-ring (bicyclic) bond motifs is 2. The largest absolute Gasteiger partial charge is 0.361 e. The molecule has 5 rings (SSSR count). The fourth-order valence-corrected chi connectivity index (χ4v) is 3.13. The standard InChI is InChI=1S/C18H16N4/c1-2-4-16-14(3-1)15(10-19-16)13-7-8-18-17(9-13)20-21-22(18)11-12-5-6-12/h1-4,7-10,12,19H,5-6,11H2. The second-order valence-electron chi connectivity index (χ2n) is 6.17. The summed E-state index contributed by atoms with van der Waals surface area (Å²) in [4.78, 5) is 3.33. The number of hydrogen-bond acceptors (Lipinski definition) is 2. The molecule has 22 heavy (non-hydrogen) atoms. The number of rotatable bonds is 3. The molecule has 0 saturated heterocycles. The van der Waals surface area contributed by atoms with Crippen molar-refractivity contribution in [2.75, 3.05) is 0 Å². The Balaban J connectivity index is 1.62. The van der Waals surface area contributed by atoms with Gasteiger partial charge in [0.25, 0.3) is 0 Å². The van der Waals surface area contributed by atoms with Gasteiger partial charge in [-0.3, -0.25) is 0 Å². The summed E-state index contributed by atoms with van der Waals surface area (Å²) < 4.78 is 2.05. The van der Waals surface area contributed by atoms with Crippen molar-refractivity contribution in [3.8, 4) is 11.1 Å². The molecule has 1 fully saturated rings. The molecule has 0 atom stereocenters. The number of nitrogens with one attached hydrogen (secondary N) is 1. The van der Waals surface area contributed by atoms with Crippen LogP contribution in [0.4, 0.5) is 0 Å². The second kappa shape index (κ2) is 4.44. The van der Waals surface area contributed by atoms with Crippen LogP contribution >= 0.6 is 0 Å². The van der Waals surface area contributed by atoms with Gasteiger partial charge >= 0.3 is 0 Å². The lowest BCUT2D eigenvalue weighted by atomic mass is 10.0. The lowest BCUT2D eigenvalue weighted by Gasteiger charge is -2.02. The zero-order chi connectivity index (χ0) is 14.5. The number of benzene rings is 2. The maximum Gasteiger partial charge on any atom is 0.113 e. The Morgan fingerprint density at radius 3 is 2.95 bits per heavy atom. The molecular weight excluding hydrogens is 272 g/mol. The zero-order valence-electron chi connectivity index (χ0n) is 12.2. The van der Waals surface area contributed by atoms with Gasteiger partial charge in [-0.05, 0) is 42.5 Å². The Hall–Kier alpha value is -2.62. The van der Waals surface area contributed by atoms with E-state index in [0.29, 0.717) is 0 Å². The molecule has 0 radical (unpaired) electrons. The molecule has 4 heteroatoms. The highest BCUT2D eigenvalue weighted by Gasteiger charge is 2.23. The molecule has 0 spiro atoms. The van der Waals surface area contributed by atoms with Crippen molar-refractivity contribution in [1.82, 2.24) is 20.0 Å².